The van der Waals surface area contributed by atoms with Crippen LogP contribution >= 0.6 is 0 Å². The standard InChI is InChI=1S/C28H47N5O7/c1-16(20(34)22(29)35)30-23(36)18-14-11-15-33(18)24(37)19(17-12-9-8-10-13-17)31-26(39)32-21(27(2,3)4)25(38)40-28(5,6)7/h16-19,21H,8-15H2,1-7H3,(H2,29,35)(H,30,36)(H2,31,32,39). The van der Waals surface area contributed by atoms with Crippen LogP contribution in [-0.4, -0.2) is 76.7 Å². The summed E-state index contributed by atoms with van der Waals surface area (Å²) in [4.78, 5) is 77.6. The first kappa shape index (κ1) is 33.0. The zero-order valence-corrected chi connectivity index (χ0v) is 24.9. The Labute approximate surface area is 236 Å². The van der Waals surface area contributed by atoms with Gasteiger partial charge in [-0.2, -0.15) is 0 Å². The number of urea groups is 1. The summed E-state index contributed by atoms with van der Waals surface area (Å²) in [5.74, 6) is -3.75. The van der Waals surface area contributed by atoms with E-state index in [-0.39, 0.29) is 5.92 Å². The topological polar surface area (TPSA) is 177 Å². The molecule has 226 valence electrons. The molecule has 1 saturated heterocycles. The van der Waals surface area contributed by atoms with Crippen molar-refractivity contribution in [1.29, 1.82) is 0 Å². The largest absolute Gasteiger partial charge is 0.458 e. The van der Waals surface area contributed by atoms with Crippen LogP contribution in [0.25, 0.3) is 0 Å². The lowest BCUT2D eigenvalue weighted by Gasteiger charge is -2.36. The van der Waals surface area contributed by atoms with E-state index in [9.17, 15) is 28.8 Å². The molecule has 0 aromatic carbocycles. The number of hydrogen-bond acceptors (Lipinski definition) is 7. The predicted octanol–water partition coefficient (Wildman–Crippen LogP) is 1.54. The van der Waals surface area contributed by atoms with Crippen LogP contribution in [-0.2, 0) is 28.7 Å². The fourth-order valence-electron chi connectivity index (χ4n) is 5.22. The monoisotopic (exact) mass is 565 g/mol. The predicted molar refractivity (Wildman–Crippen MR) is 148 cm³/mol. The van der Waals surface area contributed by atoms with E-state index in [0.29, 0.717) is 19.4 Å². The SMILES string of the molecule is CC(NC(=O)C1CCCN1C(=O)C(NC(=O)NC(C(=O)OC(C)(C)C)C(C)(C)C)C1CCCCC1)C(=O)C(N)=O. The number of rotatable bonds is 9. The molecular formula is C28H47N5O7. The van der Waals surface area contributed by atoms with Gasteiger partial charge in [0.15, 0.2) is 0 Å². The van der Waals surface area contributed by atoms with Crippen molar-refractivity contribution >= 4 is 35.5 Å². The molecule has 1 heterocycles. The minimum atomic E-state index is -1.15. The summed E-state index contributed by atoms with van der Waals surface area (Å²) in [5, 5.41) is 8.03. The van der Waals surface area contributed by atoms with E-state index in [0.717, 1.165) is 32.1 Å². The fraction of sp³-hybridized carbons (Fsp3) is 0.786. The highest BCUT2D eigenvalue weighted by molar-refractivity contribution is 6.37. The van der Waals surface area contributed by atoms with Crippen LogP contribution in [0.1, 0.15) is 93.4 Å². The Balaban J connectivity index is 2.23. The van der Waals surface area contributed by atoms with Gasteiger partial charge in [0.2, 0.25) is 17.6 Å². The Morgan fingerprint density at radius 3 is 1.98 bits per heavy atom. The average molecular weight is 566 g/mol. The molecule has 5 amide bonds. The van der Waals surface area contributed by atoms with Crippen LogP contribution in [0.4, 0.5) is 4.79 Å². The molecule has 40 heavy (non-hydrogen) atoms. The van der Waals surface area contributed by atoms with Crippen molar-refractivity contribution in [1.82, 2.24) is 20.9 Å². The molecule has 2 fully saturated rings. The summed E-state index contributed by atoms with van der Waals surface area (Å²) in [5.41, 5.74) is 3.63. The smallest absolute Gasteiger partial charge is 0.329 e. The van der Waals surface area contributed by atoms with E-state index in [1.807, 2.05) is 20.8 Å². The summed E-state index contributed by atoms with van der Waals surface area (Å²) in [6.45, 7) is 12.3. The molecule has 2 rings (SSSR count). The summed E-state index contributed by atoms with van der Waals surface area (Å²) in [6, 6.07) is -4.52. The van der Waals surface area contributed by atoms with E-state index in [1.54, 1.807) is 20.8 Å². The van der Waals surface area contributed by atoms with Crippen molar-refractivity contribution in [2.24, 2.45) is 17.1 Å². The van der Waals surface area contributed by atoms with Gasteiger partial charge in [0, 0.05) is 6.54 Å². The van der Waals surface area contributed by atoms with Crippen LogP contribution in [0.5, 0.6) is 0 Å². The zero-order chi connectivity index (χ0) is 30.4. The molecule has 1 aliphatic heterocycles. The number of ether oxygens (including phenoxy) is 1. The van der Waals surface area contributed by atoms with Crippen molar-refractivity contribution in [3.05, 3.63) is 0 Å². The number of carbonyl (C=O) groups is 6. The van der Waals surface area contributed by atoms with E-state index in [2.05, 4.69) is 16.0 Å². The number of likely N-dealkylation sites (tertiary alicyclic amines) is 1. The maximum Gasteiger partial charge on any atom is 0.329 e. The molecule has 1 aliphatic carbocycles. The number of hydrogen-bond donors (Lipinski definition) is 4. The quantitative estimate of drug-likeness (QED) is 0.242. The van der Waals surface area contributed by atoms with Gasteiger partial charge >= 0.3 is 12.0 Å². The van der Waals surface area contributed by atoms with E-state index in [4.69, 9.17) is 10.5 Å². The molecule has 2 aliphatic rings. The maximum atomic E-state index is 13.9. The lowest BCUT2D eigenvalue weighted by Crippen LogP contribution is -2.60. The second-order valence-electron chi connectivity index (χ2n) is 13.0. The van der Waals surface area contributed by atoms with Gasteiger partial charge in [-0.3, -0.25) is 19.2 Å². The normalized spacial score (nSPS) is 20.6. The number of esters is 1. The third-order valence-electron chi connectivity index (χ3n) is 7.29. The summed E-state index contributed by atoms with van der Waals surface area (Å²) >= 11 is 0. The third kappa shape index (κ3) is 9.19. The minimum Gasteiger partial charge on any atom is -0.458 e. The Morgan fingerprint density at radius 2 is 1.45 bits per heavy atom. The Kier molecular flexibility index (Phi) is 11.1. The lowest BCUT2D eigenvalue weighted by molar-refractivity contribution is -0.160. The van der Waals surface area contributed by atoms with Gasteiger partial charge in [0.25, 0.3) is 5.91 Å². The van der Waals surface area contributed by atoms with Crippen molar-refractivity contribution < 1.29 is 33.5 Å². The van der Waals surface area contributed by atoms with Crippen LogP contribution in [0.15, 0.2) is 0 Å². The number of amides is 5. The van der Waals surface area contributed by atoms with Crippen LogP contribution < -0.4 is 21.7 Å². The lowest BCUT2D eigenvalue weighted by atomic mass is 9.83. The molecule has 0 radical (unpaired) electrons. The number of Topliss-reactive ketones (excluding diaryl/α,β-unsaturated/α-hetero) is 1. The molecule has 0 bridgehead atoms. The van der Waals surface area contributed by atoms with Crippen LogP contribution in [0.3, 0.4) is 0 Å². The molecule has 12 heteroatoms. The van der Waals surface area contributed by atoms with E-state index in [1.165, 1.54) is 11.8 Å². The summed E-state index contributed by atoms with van der Waals surface area (Å²) in [7, 11) is 0. The molecule has 0 aromatic heterocycles. The number of nitrogens with one attached hydrogen (secondary N) is 3. The molecule has 4 unspecified atom stereocenters. The molecule has 12 nitrogen and oxygen atoms in total. The number of primary amides is 1. The number of ketones is 1. The number of carbonyl (C=O) groups excluding carboxylic acids is 6. The Bertz CT molecular complexity index is 979. The van der Waals surface area contributed by atoms with Gasteiger partial charge in [-0.25, -0.2) is 9.59 Å². The maximum absolute atomic E-state index is 13.9. The first-order valence-corrected chi connectivity index (χ1v) is 14.2. The van der Waals surface area contributed by atoms with Crippen molar-refractivity contribution in [2.45, 2.75) is 123 Å². The Hall–Kier alpha value is -3.18. The van der Waals surface area contributed by atoms with Gasteiger partial charge < -0.3 is 31.3 Å². The van der Waals surface area contributed by atoms with Gasteiger partial charge in [-0.15, -0.1) is 0 Å². The number of nitrogens with zero attached hydrogens (tertiary/aromatic N) is 1. The van der Waals surface area contributed by atoms with Crippen molar-refractivity contribution in [3.63, 3.8) is 0 Å². The van der Waals surface area contributed by atoms with Crippen molar-refractivity contribution in [2.75, 3.05) is 6.54 Å². The van der Waals surface area contributed by atoms with Gasteiger partial charge in [0.05, 0.1) is 6.04 Å². The summed E-state index contributed by atoms with van der Waals surface area (Å²) < 4.78 is 5.53. The highest BCUT2D eigenvalue weighted by Crippen LogP contribution is 2.30. The second-order valence-corrected chi connectivity index (χ2v) is 13.0. The summed E-state index contributed by atoms with van der Waals surface area (Å²) in [6.07, 6.45) is 5.28. The zero-order valence-electron chi connectivity index (χ0n) is 24.9. The van der Waals surface area contributed by atoms with Gasteiger partial charge in [0.1, 0.15) is 23.7 Å². The van der Waals surface area contributed by atoms with E-state index >= 15 is 0 Å². The first-order chi connectivity index (χ1) is 18.4. The van der Waals surface area contributed by atoms with Crippen molar-refractivity contribution in [3.8, 4) is 0 Å². The van der Waals surface area contributed by atoms with E-state index < -0.39 is 70.7 Å². The minimum absolute atomic E-state index is 0.138. The molecule has 4 atom stereocenters. The molecular weight excluding hydrogens is 518 g/mol. The highest BCUT2D eigenvalue weighted by atomic mass is 16.6. The van der Waals surface area contributed by atoms with Crippen LogP contribution in [0, 0.1) is 11.3 Å². The van der Waals surface area contributed by atoms with Gasteiger partial charge in [-0.05, 0) is 64.7 Å². The Morgan fingerprint density at radius 1 is 0.850 bits per heavy atom. The molecule has 0 spiro atoms. The van der Waals surface area contributed by atoms with Crippen LogP contribution in [0.2, 0.25) is 0 Å². The first-order valence-electron chi connectivity index (χ1n) is 14.2. The number of nitrogens with two attached hydrogens (primary N) is 1. The molecule has 1 saturated carbocycles. The highest BCUT2D eigenvalue weighted by Gasteiger charge is 2.42. The molecule has 0 aromatic rings. The molecule has 5 N–H and O–H groups in total. The fourth-order valence-corrected chi connectivity index (χ4v) is 5.22. The third-order valence-corrected chi connectivity index (χ3v) is 7.29. The van der Waals surface area contributed by atoms with Gasteiger partial charge in [-0.1, -0.05) is 40.0 Å². The second kappa shape index (κ2) is 13.5. The average Bonchev–Trinajstić information content (AvgIpc) is 3.33.